The molecule has 2 aromatic rings. The molecule has 0 fully saturated rings. The highest BCUT2D eigenvalue weighted by molar-refractivity contribution is 7.13. The predicted molar refractivity (Wildman–Crippen MR) is 83.3 cm³/mol. The number of hydrogen-bond acceptors (Lipinski definition) is 9. The van der Waals surface area contributed by atoms with Crippen molar-refractivity contribution in [3.63, 3.8) is 0 Å². The molecule has 1 N–H and O–H groups in total. The molecule has 0 aliphatic carbocycles. The van der Waals surface area contributed by atoms with Gasteiger partial charge in [0.2, 0.25) is 0 Å². The molecular weight excluding hydrogens is 322 g/mol. The van der Waals surface area contributed by atoms with Crippen LogP contribution in [0.5, 0.6) is 0 Å². The van der Waals surface area contributed by atoms with Crippen LogP contribution in [0.25, 0.3) is 10.7 Å². The van der Waals surface area contributed by atoms with E-state index in [9.17, 15) is 9.59 Å². The van der Waals surface area contributed by atoms with E-state index in [1.54, 1.807) is 26.2 Å². The van der Waals surface area contributed by atoms with Gasteiger partial charge in [-0.25, -0.2) is 9.78 Å². The summed E-state index contributed by atoms with van der Waals surface area (Å²) in [5, 5.41) is 4.82. The van der Waals surface area contributed by atoms with E-state index >= 15 is 0 Å². The molecule has 8 nitrogen and oxygen atoms in total. The van der Waals surface area contributed by atoms with Gasteiger partial charge in [-0.15, -0.1) is 11.3 Å². The molecule has 0 saturated carbocycles. The van der Waals surface area contributed by atoms with Gasteiger partial charge in [-0.05, 0) is 20.8 Å². The van der Waals surface area contributed by atoms with Crippen molar-refractivity contribution >= 4 is 29.3 Å². The Morgan fingerprint density at radius 2 is 2.09 bits per heavy atom. The molecular formula is C14H17N3O5S. The molecule has 23 heavy (non-hydrogen) atoms. The molecule has 0 unspecified atom stereocenters. The molecule has 0 spiro atoms. The Hall–Kier alpha value is -2.42. The highest BCUT2D eigenvalue weighted by Crippen LogP contribution is 2.24. The Balaban J connectivity index is 1.97. The minimum Gasteiger partial charge on any atom is -0.464 e. The number of oxazole rings is 1. The number of ether oxygens (including phenoxy) is 2. The van der Waals surface area contributed by atoms with Gasteiger partial charge in [-0.1, -0.05) is 0 Å². The topological polar surface area (TPSA) is 104 Å². The summed E-state index contributed by atoms with van der Waals surface area (Å²) in [5.74, 6) is -0.932. The number of aromatic nitrogens is 2. The van der Waals surface area contributed by atoms with Crippen molar-refractivity contribution in [2.24, 2.45) is 0 Å². The average molecular weight is 339 g/mol. The van der Waals surface area contributed by atoms with Crippen LogP contribution < -0.4 is 5.32 Å². The predicted octanol–water partition coefficient (Wildman–Crippen LogP) is 2.34. The highest BCUT2D eigenvalue weighted by atomic mass is 32.1. The van der Waals surface area contributed by atoms with Crippen LogP contribution in [0.2, 0.25) is 0 Å². The summed E-state index contributed by atoms with van der Waals surface area (Å²) >= 11 is 1.24. The van der Waals surface area contributed by atoms with Crippen molar-refractivity contribution in [2.75, 3.05) is 19.0 Å². The Morgan fingerprint density at radius 3 is 2.74 bits per heavy atom. The lowest BCUT2D eigenvalue weighted by molar-refractivity contribution is -0.152. The molecule has 0 amide bonds. The normalized spacial score (nSPS) is 11.1. The minimum atomic E-state index is -0.550. The number of nitrogens with zero attached hydrogens (tertiary/aromatic N) is 2. The third-order valence-corrected chi connectivity index (χ3v) is 3.29. The first-order chi connectivity index (χ1) is 10.8. The first kappa shape index (κ1) is 16.9. The number of methoxy groups -OCH3 is 1. The van der Waals surface area contributed by atoms with Crippen LogP contribution in [-0.2, 0) is 14.3 Å². The first-order valence-corrected chi connectivity index (χ1v) is 7.62. The molecule has 0 saturated heterocycles. The fourth-order valence-corrected chi connectivity index (χ4v) is 2.31. The van der Waals surface area contributed by atoms with Crippen molar-refractivity contribution in [1.82, 2.24) is 9.97 Å². The largest absolute Gasteiger partial charge is 0.464 e. The Morgan fingerprint density at radius 1 is 1.35 bits per heavy atom. The van der Waals surface area contributed by atoms with Gasteiger partial charge >= 0.3 is 11.9 Å². The standard InChI is InChI=1S/C14H17N3O5S/c1-14(2,3)22-10(18)5-15-13-17-8(6-21-13)11-16-9(7-23-11)12(19)20-4/h6-7H,5H2,1-4H3,(H,15,17). The van der Waals surface area contributed by atoms with Gasteiger partial charge in [-0.2, -0.15) is 4.98 Å². The van der Waals surface area contributed by atoms with Crippen LogP contribution in [-0.4, -0.2) is 41.2 Å². The van der Waals surface area contributed by atoms with Gasteiger partial charge in [0.1, 0.15) is 29.1 Å². The number of nitrogens with one attached hydrogen (secondary N) is 1. The molecule has 2 heterocycles. The monoisotopic (exact) mass is 339 g/mol. The Labute approximate surface area is 136 Å². The number of carbonyl (C=O) groups is 2. The van der Waals surface area contributed by atoms with E-state index in [4.69, 9.17) is 9.15 Å². The van der Waals surface area contributed by atoms with Gasteiger partial charge in [0.25, 0.3) is 6.01 Å². The third-order valence-electron chi connectivity index (χ3n) is 2.43. The molecule has 0 bridgehead atoms. The summed E-state index contributed by atoms with van der Waals surface area (Å²) in [6, 6.07) is 0.167. The second-order valence-electron chi connectivity index (χ2n) is 5.51. The molecule has 0 aliphatic rings. The lowest BCUT2D eigenvalue weighted by Crippen LogP contribution is -2.28. The van der Waals surface area contributed by atoms with Crippen molar-refractivity contribution in [3.05, 3.63) is 17.3 Å². The third kappa shape index (κ3) is 4.78. The number of carbonyl (C=O) groups excluding carboxylic acids is 2. The fraction of sp³-hybridized carbons (Fsp3) is 0.429. The highest BCUT2D eigenvalue weighted by Gasteiger charge is 2.18. The number of thiazole rings is 1. The second kappa shape index (κ2) is 6.78. The summed E-state index contributed by atoms with van der Waals surface area (Å²) in [7, 11) is 1.29. The zero-order valence-corrected chi connectivity index (χ0v) is 14.0. The molecule has 9 heteroatoms. The van der Waals surface area contributed by atoms with Crippen molar-refractivity contribution in [3.8, 4) is 10.7 Å². The SMILES string of the molecule is COC(=O)c1csc(-c2coc(NCC(=O)OC(C)(C)C)n2)n1. The molecule has 2 rings (SSSR count). The van der Waals surface area contributed by atoms with Gasteiger partial charge in [0, 0.05) is 5.38 Å². The Bertz CT molecular complexity index is 701. The summed E-state index contributed by atoms with van der Waals surface area (Å²) < 4.78 is 15.0. The van der Waals surface area contributed by atoms with Crippen molar-refractivity contribution in [1.29, 1.82) is 0 Å². The smallest absolute Gasteiger partial charge is 0.357 e. The quantitative estimate of drug-likeness (QED) is 0.828. The summed E-state index contributed by atoms with van der Waals surface area (Å²) in [6.07, 6.45) is 1.39. The van der Waals surface area contributed by atoms with E-state index < -0.39 is 17.5 Å². The van der Waals surface area contributed by atoms with Crippen LogP contribution in [0.3, 0.4) is 0 Å². The van der Waals surface area contributed by atoms with Crippen LogP contribution >= 0.6 is 11.3 Å². The fourth-order valence-electron chi connectivity index (χ4n) is 1.57. The van der Waals surface area contributed by atoms with Crippen LogP contribution in [0, 0.1) is 0 Å². The zero-order chi connectivity index (χ0) is 17.0. The van der Waals surface area contributed by atoms with Crippen molar-refractivity contribution < 1.29 is 23.5 Å². The van der Waals surface area contributed by atoms with E-state index in [0.29, 0.717) is 10.7 Å². The lowest BCUT2D eigenvalue weighted by Gasteiger charge is -2.19. The van der Waals surface area contributed by atoms with Crippen LogP contribution in [0.1, 0.15) is 31.3 Å². The first-order valence-electron chi connectivity index (χ1n) is 6.74. The maximum Gasteiger partial charge on any atom is 0.357 e. The molecule has 124 valence electrons. The van der Waals surface area contributed by atoms with Gasteiger partial charge in [-0.3, -0.25) is 4.79 Å². The second-order valence-corrected chi connectivity index (χ2v) is 6.37. The summed E-state index contributed by atoms with van der Waals surface area (Å²) in [5.41, 5.74) is 0.113. The molecule has 0 radical (unpaired) electrons. The summed E-state index contributed by atoms with van der Waals surface area (Å²) in [6.45, 7) is 5.29. The maximum atomic E-state index is 11.6. The minimum absolute atomic E-state index is 0.0670. The van der Waals surface area contributed by atoms with Gasteiger partial charge in [0.05, 0.1) is 7.11 Å². The van der Waals surface area contributed by atoms with E-state index in [2.05, 4.69) is 20.0 Å². The number of rotatable bonds is 5. The van der Waals surface area contributed by atoms with E-state index in [0.717, 1.165) is 0 Å². The van der Waals surface area contributed by atoms with Gasteiger partial charge < -0.3 is 19.2 Å². The number of anilines is 1. The molecule has 0 aromatic carbocycles. The lowest BCUT2D eigenvalue weighted by atomic mass is 10.2. The molecule has 2 aromatic heterocycles. The van der Waals surface area contributed by atoms with Crippen LogP contribution in [0.15, 0.2) is 16.1 Å². The number of hydrogen-bond donors (Lipinski definition) is 1. The molecule has 0 atom stereocenters. The number of esters is 2. The average Bonchev–Trinajstić information content (AvgIpc) is 3.11. The van der Waals surface area contributed by atoms with E-state index in [1.807, 2.05) is 0 Å². The van der Waals surface area contributed by atoms with Crippen LogP contribution in [0.4, 0.5) is 6.01 Å². The Kier molecular flexibility index (Phi) is 4.99. The maximum absolute atomic E-state index is 11.6. The van der Waals surface area contributed by atoms with E-state index in [-0.39, 0.29) is 18.3 Å². The molecule has 0 aliphatic heterocycles. The van der Waals surface area contributed by atoms with Crippen molar-refractivity contribution in [2.45, 2.75) is 26.4 Å². The summed E-state index contributed by atoms with van der Waals surface area (Å²) in [4.78, 5) is 31.2. The zero-order valence-electron chi connectivity index (χ0n) is 13.2. The van der Waals surface area contributed by atoms with Gasteiger partial charge in [0.15, 0.2) is 5.69 Å². The van der Waals surface area contributed by atoms with E-state index in [1.165, 1.54) is 24.7 Å².